The van der Waals surface area contributed by atoms with E-state index in [2.05, 4.69) is 23.1 Å². The summed E-state index contributed by atoms with van der Waals surface area (Å²) in [5.74, 6) is 0. The molecule has 0 spiro atoms. The standard InChI is InChI=1S/C16H21ClN4/c1-16(11-18)6-7-20(12-16)9-13-8-19-21(10-13)15-4-2-14(17)3-5-15/h2-5,8,10H,6-7,9,11-12,18H2,1H3. The molecule has 0 aliphatic carbocycles. The lowest BCUT2D eigenvalue weighted by atomic mass is 9.90. The number of rotatable bonds is 4. The number of halogens is 1. The molecule has 1 aliphatic heterocycles. The van der Waals surface area contributed by atoms with E-state index in [1.165, 1.54) is 12.0 Å². The van der Waals surface area contributed by atoms with E-state index in [1.807, 2.05) is 35.1 Å². The predicted octanol–water partition coefficient (Wildman–Crippen LogP) is 2.70. The largest absolute Gasteiger partial charge is 0.330 e. The highest BCUT2D eigenvalue weighted by Gasteiger charge is 2.32. The molecule has 0 saturated carbocycles. The van der Waals surface area contributed by atoms with E-state index in [4.69, 9.17) is 17.3 Å². The number of hydrogen-bond donors (Lipinski definition) is 1. The van der Waals surface area contributed by atoms with Crippen LogP contribution < -0.4 is 5.73 Å². The fourth-order valence-corrected chi connectivity index (χ4v) is 2.99. The Kier molecular flexibility index (Phi) is 4.02. The Labute approximate surface area is 130 Å². The average Bonchev–Trinajstić information content (AvgIpc) is 3.08. The highest BCUT2D eigenvalue weighted by molar-refractivity contribution is 6.30. The minimum atomic E-state index is 0.270. The smallest absolute Gasteiger partial charge is 0.0646 e. The molecule has 21 heavy (non-hydrogen) atoms. The van der Waals surface area contributed by atoms with Crippen molar-refractivity contribution in [2.24, 2.45) is 11.1 Å². The molecule has 1 aliphatic rings. The number of aromatic nitrogens is 2. The van der Waals surface area contributed by atoms with Crippen LogP contribution in [0.15, 0.2) is 36.7 Å². The number of benzene rings is 1. The van der Waals surface area contributed by atoms with Crippen molar-refractivity contribution in [2.45, 2.75) is 19.9 Å². The topological polar surface area (TPSA) is 47.1 Å². The number of likely N-dealkylation sites (tertiary alicyclic amines) is 1. The van der Waals surface area contributed by atoms with Crippen LogP contribution in [0.3, 0.4) is 0 Å². The first-order chi connectivity index (χ1) is 10.1. The Bertz CT molecular complexity index is 607. The van der Waals surface area contributed by atoms with Gasteiger partial charge < -0.3 is 5.73 Å². The van der Waals surface area contributed by atoms with E-state index >= 15 is 0 Å². The molecular weight excluding hydrogens is 284 g/mol. The van der Waals surface area contributed by atoms with E-state index in [1.54, 1.807) is 0 Å². The van der Waals surface area contributed by atoms with Crippen LogP contribution in [0.1, 0.15) is 18.9 Å². The first-order valence-corrected chi connectivity index (χ1v) is 7.68. The molecule has 0 amide bonds. The third-order valence-electron chi connectivity index (χ3n) is 4.26. The van der Waals surface area contributed by atoms with Crippen LogP contribution in [0.4, 0.5) is 0 Å². The van der Waals surface area contributed by atoms with Crippen LogP contribution in [0, 0.1) is 5.41 Å². The van der Waals surface area contributed by atoms with Gasteiger partial charge in [0, 0.05) is 29.9 Å². The molecule has 1 unspecified atom stereocenters. The second kappa shape index (κ2) is 5.79. The molecule has 1 atom stereocenters. The summed E-state index contributed by atoms with van der Waals surface area (Å²) in [5.41, 5.74) is 8.39. The maximum Gasteiger partial charge on any atom is 0.0646 e. The molecule has 2 aromatic rings. The summed E-state index contributed by atoms with van der Waals surface area (Å²) < 4.78 is 1.89. The van der Waals surface area contributed by atoms with E-state index in [-0.39, 0.29) is 5.41 Å². The minimum absolute atomic E-state index is 0.270. The number of nitrogens with zero attached hydrogens (tertiary/aromatic N) is 3. The third-order valence-corrected chi connectivity index (χ3v) is 4.52. The minimum Gasteiger partial charge on any atom is -0.330 e. The summed E-state index contributed by atoms with van der Waals surface area (Å²) in [5, 5.41) is 5.18. The molecule has 112 valence electrons. The molecule has 1 aromatic carbocycles. The molecule has 5 heteroatoms. The summed E-state index contributed by atoms with van der Waals surface area (Å²) in [6.07, 6.45) is 5.20. The predicted molar refractivity (Wildman–Crippen MR) is 85.6 cm³/mol. The molecule has 1 aromatic heterocycles. The Hall–Kier alpha value is -1.36. The van der Waals surface area contributed by atoms with Gasteiger partial charge in [-0.3, -0.25) is 4.90 Å². The second-order valence-electron chi connectivity index (χ2n) is 6.25. The van der Waals surface area contributed by atoms with Crippen molar-refractivity contribution in [3.8, 4) is 5.69 Å². The van der Waals surface area contributed by atoms with Gasteiger partial charge in [-0.1, -0.05) is 18.5 Å². The van der Waals surface area contributed by atoms with Crippen LogP contribution in [-0.4, -0.2) is 34.3 Å². The normalized spacial score (nSPS) is 22.8. The SMILES string of the molecule is CC1(CN)CCN(Cc2cnn(-c3ccc(Cl)cc3)c2)C1. The van der Waals surface area contributed by atoms with Gasteiger partial charge in [0.1, 0.15) is 0 Å². The van der Waals surface area contributed by atoms with Crippen LogP contribution >= 0.6 is 11.6 Å². The molecule has 3 rings (SSSR count). The van der Waals surface area contributed by atoms with Crippen LogP contribution in [0.2, 0.25) is 5.02 Å². The van der Waals surface area contributed by atoms with Crippen LogP contribution in [0.25, 0.3) is 5.69 Å². The van der Waals surface area contributed by atoms with Crippen molar-refractivity contribution in [3.63, 3.8) is 0 Å². The molecule has 0 bridgehead atoms. The number of nitrogens with two attached hydrogens (primary N) is 1. The van der Waals surface area contributed by atoms with Crippen molar-refractivity contribution < 1.29 is 0 Å². The van der Waals surface area contributed by atoms with E-state index in [9.17, 15) is 0 Å². The first kappa shape index (κ1) is 14.6. The maximum atomic E-state index is 5.91. The highest BCUT2D eigenvalue weighted by atomic mass is 35.5. The van der Waals surface area contributed by atoms with Gasteiger partial charge >= 0.3 is 0 Å². The van der Waals surface area contributed by atoms with Crippen LogP contribution in [0.5, 0.6) is 0 Å². The molecule has 0 radical (unpaired) electrons. The monoisotopic (exact) mass is 304 g/mol. The third kappa shape index (κ3) is 3.28. The van der Waals surface area contributed by atoms with Gasteiger partial charge in [0.25, 0.3) is 0 Å². The van der Waals surface area contributed by atoms with E-state index < -0.39 is 0 Å². The lowest BCUT2D eigenvalue weighted by Crippen LogP contribution is -2.31. The lowest BCUT2D eigenvalue weighted by molar-refractivity contribution is 0.274. The van der Waals surface area contributed by atoms with Gasteiger partial charge in [0.15, 0.2) is 0 Å². The van der Waals surface area contributed by atoms with Crippen LogP contribution in [-0.2, 0) is 6.54 Å². The molecule has 4 nitrogen and oxygen atoms in total. The van der Waals surface area contributed by atoms with Crippen molar-refractivity contribution in [2.75, 3.05) is 19.6 Å². The zero-order valence-corrected chi connectivity index (χ0v) is 13.1. The summed E-state index contributed by atoms with van der Waals surface area (Å²) in [4.78, 5) is 2.45. The zero-order chi connectivity index (χ0) is 14.9. The second-order valence-corrected chi connectivity index (χ2v) is 6.68. The zero-order valence-electron chi connectivity index (χ0n) is 12.3. The Morgan fingerprint density at radius 2 is 2.10 bits per heavy atom. The first-order valence-electron chi connectivity index (χ1n) is 7.30. The maximum absolute atomic E-state index is 5.91. The van der Waals surface area contributed by atoms with Gasteiger partial charge in [-0.25, -0.2) is 4.68 Å². The summed E-state index contributed by atoms with van der Waals surface area (Å²) in [7, 11) is 0. The quantitative estimate of drug-likeness (QED) is 0.945. The van der Waals surface area contributed by atoms with Gasteiger partial charge in [-0.05, 0) is 49.2 Å². The molecular formula is C16H21ClN4. The summed E-state index contributed by atoms with van der Waals surface area (Å²) >= 11 is 5.91. The summed E-state index contributed by atoms with van der Waals surface area (Å²) in [6.45, 7) is 6.14. The van der Waals surface area contributed by atoms with Crippen molar-refractivity contribution in [1.82, 2.24) is 14.7 Å². The van der Waals surface area contributed by atoms with Gasteiger partial charge in [-0.2, -0.15) is 5.10 Å². The van der Waals surface area contributed by atoms with Crippen molar-refractivity contribution >= 4 is 11.6 Å². The summed E-state index contributed by atoms with van der Waals surface area (Å²) in [6, 6.07) is 7.71. The van der Waals surface area contributed by atoms with Crippen molar-refractivity contribution in [1.29, 1.82) is 0 Å². The fourth-order valence-electron chi connectivity index (χ4n) is 2.86. The lowest BCUT2D eigenvalue weighted by Gasteiger charge is -2.22. The average molecular weight is 305 g/mol. The Morgan fingerprint density at radius 1 is 1.33 bits per heavy atom. The van der Waals surface area contributed by atoms with Gasteiger partial charge in [-0.15, -0.1) is 0 Å². The molecule has 2 heterocycles. The highest BCUT2D eigenvalue weighted by Crippen LogP contribution is 2.29. The van der Waals surface area contributed by atoms with Crippen molar-refractivity contribution in [3.05, 3.63) is 47.2 Å². The fraction of sp³-hybridized carbons (Fsp3) is 0.438. The molecule has 1 fully saturated rings. The number of hydrogen-bond acceptors (Lipinski definition) is 3. The Balaban J connectivity index is 1.67. The van der Waals surface area contributed by atoms with Gasteiger partial charge in [0.05, 0.1) is 11.9 Å². The van der Waals surface area contributed by atoms with E-state index in [0.29, 0.717) is 0 Å². The molecule has 1 saturated heterocycles. The van der Waals surface area contributed by atoms with E-state index in [0.717, 1.165) is 36.9 Å². The Morgan fingerprint density at radius 3 is 2.76 bits per heavy atom. The molecule has 2 N–H and O–H groups in total. The van der Waals surface area contributed by atoms with Gasteiger partial charge in [0.2, 0.25) is 0 Å².